The normalized spacial score (nSPS) is 10.6. The van der Waals surface area contributed by atoms with Gasteiger partial charge in [0.2, 0.25) is 0 Å². The first-order valence-corrected chi connectivity index (χ1v) is 10.8. The Kier molecular flexibility index (Phi) is 10.6. The number of ether oxygens (including phenoxy) is 1. The maximum absolute atomic E-state index is 15.0. The summed E-state index contributed by atoms with van der Waals surface area (Å²) in [6, 6.07) is 7.37. The number of nitrogens with zero attached hydrogens (tertiary/aromatic N) is 5. The molecule has 40 heavy (non-hydrogen) atoms. The van der Waals surface area contributed by atoms with Crippen molar-refractivity contribution < 1.29 is 45.8 Å². The van der Waals surface area contributed by atoms with E-state index in [4.69, 9.17) is 48.6 Å². The third kappa shape index (κ3) is 8.43. The minimum Gasteiger partial charge on any atom is -0.475 e. The van der Waals surface area contributed by atoms with Crippen molar-refractivity contribution in [1.29, 1.82) is 5.26 Å². The molecule has 0 unspecified atom stereocenters. The van der Waals surface area contributed by atoms with Crippen molar-refractivity contribution in [1.82, 2.24) is 15.3 Å². The number of aliphatic carboxylic acids is 1. The summed E-state index contributed by atoms with van der Waals surface area (Å²) in [5.41, 5.74) is 7.54. The van der Waals surface area contributed by atoms with Crippen molar-refractivity contribution in [2.75, 3.05) is 0 Å². The van der Waals surface area contributed by atoms with Crippen molar-refractivity contribution >= 4 is 41.0 Å². The lowest BCUT2D eigenvalue weighted by atomic mass is 10.1. The Morgan fingerprint density at radius 3 is 2.48 bits per heavy atom. The summed E-state index contributed by atoms with van der Waals surface area (Å²) in [4.78, 5) is 29.8. The molecule has 0 aliphatic rings. The van der Waals surface area contributed by atoms with E-state index in [9.17, 15) is 26.7 Å². The quantitative estimate of drug-likeness (QED) is 0.113. The number of H-pyrrole nitrogens is 1. The maximum Gasteiger partial charge on any atom is 0.490 e. The molecular formula is C21H11Cl2F6N7O4. The van der Waals surface area contributed by atoms with Crippen LogP contribution in [-0.4, -0.2) is 33.1 Å². The number of aromatic amines is 1. The van der Waals surface area contributed by atoms with Crippen LogP contribution in [0.1, 0.15) is 33.6 Å². The molecule has 0 fully saturated rings. The van der Waals surface area contributed by atoms with Crippen molar-refractivity contribution in [3.8, 4) is 17.6 Å². The molecule has 210 valence electrons. The first kappa shape index (κ1) is 31.6. The van der Waals surface area contributed by atoms with Crippen LogP contribution in [0.4, 0.5) is 32.3 Å². The molecule has 0 radical (unpaired) electrons. The second kappa shape index (κ2) is 13.4. The van der Waals surface area contributed by atoms with Gasteiger partial charge in [-0.25, -0.2) is 22.9 Å². The van der Waals surface area contributed by atoms with Crippen LogP contribution in [0, 0.1) is 17.1 Å². The molecule has 3 aromatic rings. The number of hydrogen-bond acceptors (Lipinski definition) is 6. The molecule has 3 N–H and O–H groups in total. The number of hydrogen-bond donors (Lipinski definition) is 3. The first-order chi connectivity index (χ1) is 18.7. The van der Waals surface area contributed by atoms with Crippen LogP contribution in [0.5, 0.6) is 11.5 Å². The van der Waals surface area contributed by atoms with E-state index in [1.54, 1.807) is 6.07 Å². The minimum atomic E-state index is -5.08. The molecule has 2 aromatic carbocycles. The Morgan fingerprint density at radius 1 is 1.27 bits per heavy atom. The second-order valence-corrected chi connectivity index (χ2v) is 7.82. The molecule has 1 amide bonds. The van der Waals surface area contributed by atoms with Gasteiger partial charge in [0.15, 0.2) is 22.7 Å². The number of aromatic nitrogens is 2. The fourth-order valence-electron chi connectivity index (χ4n) is 2.64. The van der Waals surface area contributed by atoms with Crippen molar-refractivity contribution in [3.63, 3.8) is 0 Å². The Balaban J connectivity index is 0.000000708. The molecule has 3 rings (SSSR count). The number of carbonyl (C=O) groups is 2. The number of nitrogens with one attached hydrogen (secondary N) is 2. The molecule has 19 heteroatoms. The van der Waals surface area contributed by atoms with Crippen LogP contribution in [-0.2, 0) is 11.3 Å². The van der Waals surface area contributed by atoms with Gasteiger partial charge in [-0.05, 0) is 34.9 Å². The van der Waals surface area contributed by atoms with Gasteiger partial charge in [0.05, 0.1) is 16.7 Å². The van der Waals surface area contributed by atoms with Gasteiger partial charge in [0.1, 0.15) is 11.4 Å². The molecule has 0 saturated heterocycles. The first-order valence-electron chi connectivity index (χ1n) is 10.0. The highest BCUT2D eigenvalue weighted by Gasteiger charge is 2.38. The zero-order valence-corrected chi connectivity index (χ0v) is 20.6. The lowest BCUT2D eigenvalue weighted by Gasteiger charge is -2.13. The third-order valence-corrected chi connectivity index (χ3v) is 4.93. The van der Waals surface area contributed by atoms with Crippen molar-refractivity contribution in [3.05, 3.63) is 79.2 Å². The average molecular weight is 610 g/mol. The number of benzene rings is 2. The minimum absolute atomic E-state index is 0.0563. The van der Waals surface area contributed by atoms with Gasteiger partial charge in [-0.3, -0.25) is 4.79 Å². The number of carbonyl (C=O) groups excluding carboxylic acids is 1. The zero-order chi connectivity index (χ0) is 30.2. The van der Waals surface area contributed by atoms with Crippen molar-refractivity contribution in [2.45, 2.75) is 19.1 Å². The van der Waals surface area contributed by atoms with E-state index in [0.29, 0.717) is 0 Å². The predicted octanol–water partition coefficient (Wildman–Crippen LogP) is 6.96. The third-order valence-electron chi connectivity index (χ3n) is 4.35. The number of nitriles is 1. The Labute approximate surface area is 228 Å². The number of rotatable bonds is 7. The lowest BCUT2D eigenvalue weighted by Crippen LogP contribution is -2.24. The van der Waals surface area contributed by atoms with Crippen molar-refractivity contribution in [2.24, 2.45) is 5.11 Å². The molecule has 0 aliphatic heterocycles. The maximum atomic E-state index is 15.0. The molecule has 0 spiro atoms. The van der Waals surface area contributed by atoms with E-state index >= 15 is 4.39 Å². The average Bonchev–Trinajstić information content (AvgIpc) is 3.25. The number of carboxylic acid groups (broad SMARTS) is 1. The monoisotopic (exact) mass is 609 g/mol. The molecule has 11 nitrogen and oxygen atoms in total. The van der Waals surface area contributed by atoms with Gasteiger partial charge >= 0.3 is 12.1 Å². The standard InChI is InChI=1S/C19H10Cl2F3N7O2.C2HF3O2/c20-12-2-1-9(7-27-18(32)14-16(21)29-19(28-14)30-31-26)13(22)15(12)33-11-4-8(6-25)3-10(5-11)17(23)24;3-2(4,5)1(6)7/h1-5,17H,7H2,(H,27,32)(H,28,29);(H,6,7). The van der Waals surface area contributed by atoms with Gasteiger partial charge in [-0.1, -0.05) is 29.3 Å². The van der Waals surface area contributed by atoms with E-state index in [1.165, 1.54) is 12.1 Å². The summed E-state index contributed by atoms with van der Waals surface area (Å²) in [6.45, 7) is -0.342. The molecule has 0 aliphatic carbocycles. The molecule has 0 bridgehead atoms. The van der Waals surface area contributed by atoms with Crippen LogP contribution in [0.25, 0.3) is 10.4 Å². The van der Waals surface area contributed by atoms with Gasteiger partial charge in [-0.2, -0.15) is 18.4 Å². The van der Waals surface area contributed by atoms with Crippen LogP contribution in [0.3, 0.4) is 0 Å². The highest BCUT2D eigenvalue weighted by Crippen LogP contribution is 2.36. The highest BCUT2D eigenvalue weighted by atomic mass is 35.5. The smallest absolute Gasteiger partial charge is 0.475 e. The van der Waals surface area contributed by atoms with Crippen LogP contribution in [0.2, 0.25) is 10.2 Å². The molecule has 1 heterocycles. The molecule has 0 atom stereocenters. The SMILES string of the molecule is N#Cc1cc(Oc2c(Cl)ccc(CNC(=O)c3[nH]c(N=[N+]=[N-])nc3Cl)c2F)cc(C(F)F)c1.O=C(O)C(F)(F)F. The Morgan fingerprint density at radius 2 is 1.93 bits per heavy atom. The summed E-state index contributed by atoms with van der Waals surface area (Å²) in [5.74, 6) is -5.43. The Hall–Kier alpha value is -4.65. The van der Waals surface area contributed by atoms with Gasteiger partial charge in [-0.15, -0.1) is 0 Å². The number of halogens is 8. The molecule has 1 aromatic heterocycles. The van der Waals surface area contributed by atoms with E-state index in [2.05, 4.69) is 25.3 Å². The van der Waals surface area contributed by atoms with Gasteiger partial charge in [0.25, 0.3) is 12.3 Å². The molecule has 0 saturated carbocycles. The topological polar surface area (TPSA) is 177 Å². The van der Waals surface area contributed by atoms with Crippen LogP contribution in [0.15, 0.2) is 35.4 Å². The van der Waals surface area contributed by atoms with Crippen LogP contribution < -0.4 is 10.1 Å². The lowest BCUT2D eigenvalue weighted by molar-refractivity contribution is -0.192. The summed E-state index contributed by atoms with van der Waals surface area (Å²) in [5, 5.41) is 21.3. The fourth-order valence-corrected chi connectivity index (χ4v) is 3.03. The fraction of sp³-hybridized carbons (Fsp3) is 0.143. The van der Waals surface area contributed by atoms with E-state index in [-0.39, 0.29) is 45.2 Å². The highest BCUT2D eigenvalue weighted by molar-refractivity contribution is 6.32. The number of alkyl halides is 5. The van der Waals surface area contributed by atoms with Gasteiger partial charge in [0, 0.05) is 22.6 Å². The van der Waals surface area contributed by atoms with E-state index in [1.807, 2.05) is 0 Å². The van der Waals surface area contributed by atoms with Gasteiger partial charge < -0.3 is 20.1 Å². The summed E-state index contributed by atoms with van der Waals surface area (Å²) in [6.07, 6.45) is -7.96. The summed E-state index contributed by atoms with van der Waals surface area (Å²) < 4.78 is 78.3. The second-order valence-electron chi connectivity index (χ2n) is 7.06. The predicted molar refractivity (Wildman–Crippen MR) is 125 cm³/mol. The Bertz CT molecular complexity index is 1520. The summed E-state index contributed by atoms with van der Waals surface area (Å²) in [7, 11) is 0. The van der Waals surface area contributed by atoms with E-state index in [0.717, 1.165) is 18.2 Å². The number of carboxylic acids is 1. The number of imidazole rings is 1. The number of azide groups is 1. The largest absolute Gasteiger partial charge is 0.490 e. The zero-order valence-electron chi connectivity index (χ0n) is 19.1. The summed E-state index contributed by atoms with van der Waals surface area (Å²) >= 11 is 11.8. The number of amides is 1. The van der Waals surface area contributed by atoms with E-state index < -0.39 is 41.6 Å². The van der Waals surface area contributed by atoms with Crippen LogP contribution >= 0.6 is 23.2 Å². The molecular weight excluding hydrogens is 599 g/mol.